The largest absolute Gasteiger partial charge is 0.399 e. The number of piperidine rings is 1. The van der Waals surface area contributed by atoms with E-state index in [4.69, 9.17) is 25.6 Å². The van der Waals surface area contributed by atoms with Crippen LogP contribution in [0.25, 0.3) is 21.6 Å². The predicted octanol–water partition coefficient (Wildman–Crippen LogP) is 2.33. The molecule has 5 N–H and O–H groups in total. The molecule has 0 radical (unpaired) electrons. The van der Waals surface area contributed by atoms with E-state index in [-0.39, 0.29) is 11.5 Å². The van der Waals surface area contributed by atoms with Crippen molar-refractivity contribution in [3.05, 3.63) is 53.2 Å². The number of nitrogens with zero attached hydrogens (tertiary/aromatic N) is 6. The SMILES string of the molecule is Nc1ccc(-c2nc(N3CCOCC3)c3sc(C(=O)NCC4CCN(c5ncc(C(=O)NO)cn5)CC4)cc3n2)cc1. The van der Waals surface area contributed by atoms with Crippen molar-refractivity contribution in [1.29, 1.82) is 0 Å². The van der Waals surface area contributed by atoms with Gasteiger partial charge >= 0.3 is 0 Å². The van der Waals surface area contributed by atoms with E-state index in [1.807, 2.05) is 30.3 Å². The predicted molar refractivity (Wildman–Crippen MR) is 159 cm³/mol. The van der Waals surface area contributed by atoms with Crippen LogP contribution in [0.4, 0.5) is 17.5 Å². The quantitative estimate of drug-likeness (QED) is 0.142. The molecular formula is C28H31N9O4S. The summed E-state index contributed by atoms with van der Waals surface area (Å²) in [5, 5.41) is 11.9. The summed E-state index contributed by atoms with van der Waals surface area (Å²) < 4.78 is 6.44. The molecule has 42 heavy (non-hydrogen) atoms. The molecule has 5 heterocycles. The molecule has 2 aliphatic heterocycles. The Morgan fingerprint density at radius 2 is 1.71 bits per heavy atom. The van der Waals surface area contributed by atoms with Crippen LogP contribution in [-0.2, 0) is 4.74 Å². The molecular weight excluding hydrogens is 558 g/mol. The zero-order valence-electron chi connectivity index (χ0n) is 22.8. The number of carbonyl (C=O) groups excluding carboxylic acids is 2. The molecule has 218 valence electrons. The van der Waals surface area contributed by atoms with Crippen LogP contribution in [-0.4, -0.2) is 82.9 Å². The zero-order valence-corrected chi connectivity index (χ0v) is 23.6. The number of hydroxylamine groups is 1. The number of morpholine rings is 1. The number of fused-ring (bicyclic) bond motifs is 1. The van der Waals surface area contributed by atoms with Crippen molar-refractivity contribution in [2.75, 3.05) is 61.5 Å². The third kappa shape index (κ3) is 5.95. The maximum absolute atomic E-state index is 13.3. The van der Waals surface area contributed by atoms with Gasteiger partial charge in [0.05, 0.1) is 33.9 Å². The van der Waals surface area contributed by atoms with E-state index in [0.717, 1.165) is 60.6 Å². The van der Waals surface area contributed by atoms with E-state index in [9.17, 15) is 9.59 Å². The molecule has 2 saturated heterocycles. The normalized spacial score (nSPS) is 16.0. The molecule has 2 aliphatic rings. The van der Waals surface area contributed by atoms with Gasteiger partial charge in [0, 0.05) is 56.4 Å². The summed E-state index contributed by atoms with van der Waals surface area (Å²) in [5.74, 6) is 1.49. The van der Waals surface area contributed by atoms with Gasteiger partial charge in [-0.2, -0.15) is 0 Å². The lowest BCUT2D eigenvalue weighted by atomic mass is 9.97. The number of nitrogens with two attached hydrogens (primary N) is 1. The van der Waals surface area contributed by atoms with Gasteiger partial charge in [0.25, 0.3) is 11.8 Å². The van der Waals surface area contributed by atoms with Crippen LogP contribution in [0.3, 0.4) is 0 Å². The van der Waals surface area contributed by atoms with Crippen molar-refractivity contribution in [3.63, 3.8) is 0 Å². The Kier molecular flexibility index (Phi) is 8.08. The number of thiophene rings is 1. The Morgan fingerprint density at radius 1 is 1.00 bits per heavy atom. The number of anilines is 3. The summed E-state index contributed by atoms with van der Waals surface area (Å²) in [6.07, 6.45) is 4.51. The second-order valence-electron chi connectivity index (χ2n) is 10.3. The maximum Gasteiger partial charge on any atom is 0.277 e. The lowest BCUT2D eigenvalue weighted by Gasteiger charge is -2.32. The first-order valence-corrected chi connectivity index (χ1v) is 14.6. The number of benzene rings is 1. The van der Waals surface area contributed by atoms with Crippen LogP contribution in [0.5, 0.6) is 0 Å². The molecule has 3 aromatic heterocycles. The molecule has 2 fully saturated rings. The first-order chi connectivity index (χ1) is 20.5. The van der Waals surface area contributed by atoms with Gasteiger partial charge in [0.1, 0.15) is 0 Å². The van der Waals surface area contributed by atoms with Crippen molar-refractivity contribution in [2.45, 2.75) is 12.8 Å². The highest BCUT2D eigenvalue weighted by Gasteiger charge is 2.24. The van der Waals surface area contributed by atoms with Gasteiger partial charge in [-0.15, -0.1) is 11.3 Å². The number of nitrogen functional groups attached to an aromatic ring is 1. The van der Waals surface area contributed by atoms with Crippen molar-refractivity contribution >= 4 is 50.8 Å². The Balaban J connectivity index is 1.12. The third-order valence-electron chi connectivity index (χ3n) is 7.51. The standard InChI is InChI=1S/C28H31N9O4S/c29-20-3-1-18(2-4-20)24-33-21-13-22(42-23(21)25(34-24)36-9-11-41-12-10-36)27(39)30-14-17-5-7-37(8-6-17)28-31-15-19(16-32-28)26(38)35-40/h1-4,13,15-17,40H,5-12,14,29H2,(H,30,39)(H,35,38). The van der Waals surface area contributed by atoms with E-state index < -0.39 is 5.91 Å². The highest BCUT2D eigenvalue weighted by atomic mass is 32.1. The van der Waals surface area contributed by atoms with Gasteiger partial charge in [-0.1, -0.05) is 0 Å². The molecule has 2 amide bonds. The molecule has 0 bridgehead atoms. The molecule has 14 heteroatoms. The maximum atomic E-state index is 13.3. The fraction of sp³-hybridized carbons (Fsp3) is 0.357. The second-order valence-corrected chi connectivity index (χ2v) is 11.3. The van der Waals surface area contributed by atoms with Gasteiger partial charge in [0.2, 0.25) is 5.95 Å². The fourth-order valence-corrected chi connectivity index (χ4v) is 6.14. The summed E-state index contributed by atoms with van der Waals surface area (Å²) in [6, 6.07) is 9.32. The minimum absolute atomic E-state index is 0.122. The Hall–Kier alpha value is -4.40. The summed E-state index contributed by atoms with van der Waals surface area (Å²) in [6.45, 7) is 4.73. The second kappa shape index (κ2) is 12.2. The van der Waals surface area contributed by atoms with Crippen molar-refractivity contribution in [3.8, 4) is 11.4 Å². The van der Waals surface area contributed by atoms with E-state index in [2.05, 4.69) is 25.1 Å². The van der Waals surface area contributed by atoms with Gasteiger partial charge in [-0.05, 0) is 49.1 Å². The van der Waals surface area contributed by atoms with Gasteiger partial charge in [-0.25, -0.2) is 25.4 Å². The number of nitrogens with one attached hydrogen (secondary N) is 2. The summed E-state index contributed by atoms with van der Waals surface area (Å²) in [4.78, 5) is 47.8. The van der Waals surface area contributed by atoms with Gasteiger partial charge in [0.15, 0.2) is 11.6 Å². The summed E-state index contributed by atoms with van der Waals surface area (Å²) in [5.41, 5.74) is 9.91. The summed E-state index contributed by atoms with van der Waals surface area (Å²) >= 11 is 1.41. The number of hydrogen-bond acceptors (Lipinski definition) is 12. The highest BCUT2D eigenvalue weighted by Crippen LogP contribution is 2.34. The average Bonchev–Trinajstić information content (AvgIpc) is 3.48. The minimum Gasteiger partial charge on any atom is -0.399 e. The van der Waals surface area contributed by atoms with Crippen LogP contribution in [0, 0.1) is 5.92 Å². The smallest absolute Gasteiger partial charge is 0.277 e. The van der Waals surface area contributed by atoms with E-state index >= 15 is 0 Å². The van der Waals surface area contributed by atoms with Crippen molar-refractivity contribution < 1.29 is 19.5 Å². The molecule has 0 spiro atoms. The van der Waals surface area contributed by atoms with E-state index in [0.29, 0.717) is 48.0 Å². The number of ether oxygens (including phenoxy) is 1. The molecule has 0 saturated carbocycles. The number of rotatable bonds is 7. The van der Waals surface area contributed by atoms with Crippen LogP contribution in [0.2, 0.25) is 0 Å². The number of hydrogen-bond donors (Lipinski definition) is 4. The zero-order chi connectivity index (χ0) is 29.1. The van der Waals surface area contributed by atoms with Crippen LogP contribution < -0.4 is 26.3 Å². The van der Waals surface area contributed by atoms with Crippen molar-refractivity contribution in [2.24, 2.45) is 5.92 Å². The van der Waals surface area contributed by atoms with E-state index in [1.165, 1.54) is 23.7 Å². The molecule has 0 unspecified atom stereocenters. The molecule has 13 nitrogen and oxygen atoms in total. The lowest BCUT2D eigenvalue weighted by molar-refractivity contribution is 0.0705. The van der Waals surface area contributed by atoms with Crippen LogP contribution in [0.15, 0.2) is 42.7 Å². The van der Waals surface area contributed by atoms with Crippen LogP contribution in [0.1, 0.15) is 32.9 Å². The summed E-state index contributed by atoms with van der Waals surface area (Å²) in [7, 11) is 0. The van der Waals surface area contributed by atoms with Crippen LogP contribution >= 0.6 is 11.3 Å². The lowest BCUT2D eigenvalue weighted by Crippen LogP contribution is -2.39. The van der Waals surface area contributed by atoms with Gasteiger partial charge in [-0.3, -0.25) is 14.8 Å². The Bertz CT molecular complexity index is 1570. The monoisotopic (exact) mass is 589 g/mol. The molecule has 0 aliphatic carbocycles. The first kappa shape index (κ1) is 27.8. The molecule has 6 rings (SSSR count). The number of amides is 2. The Labute approximate surface area is 245 Å². The Morgan fingerprint density at radius 3 is 2.40 bits per heavy atom. The fourth-order valence-electron chi connectivity index (χ4n) is 5.11. The third-order valence-corrected chi connectivity index (χ3v) is 8.63. The topological polar surface area (TPSA) is 172 Å². The molecule has 0 atom stereocenters. The van der Waals surface area contributed by atoms with E-state index in [1.54, 1.807) is 5.48 Å². The molecule has 1 aromatic carbocycles. The van der Waals surface area contributed by atoms with Crippen molar-refractivity contribution in [1.82, 2.24) is 30.7 Å². The number of carbonyl (C=O) groups is 2. The van der Waals surface area contributed by atoms with Gasteiger partial charge < -0.3 is 25.6 Å². The molecule has 4 aromatic rings. The minimum atomic E-state index is -0.652. The highest BCUT2D eigenvalue weighted by molar-refractivity contribution is 7.21. The average molecular weight is 590 g/mol. The number of aromatic nitrogens is 4. The first-order valence-electron chi connectivity index (χ1n) is 13.8.